The third kappa shape index (κ3) is 2.15. The molecule has 0 unspecified atom stereocenters. The molecule has 0 radical (unpaired) electrons. The van der Waals surface area contributed by atoms with Crippen LogP contribution in [0.15, 0.2) is 17.4 Å². The summed E-state index contributed by atoms with van der Waals surface area (Å²) in [7, 11) is 0. The van der Waals surface area contributed by atoms with Crippen LogP contribution in [0.2, 0.25) is 0 Å². The molecule has 1 aromatic heterocycles. The first-order valence-corrected chi connectivity index (χ1v) is 4.77. The van der Waals surface area contributed by atoms with E-state index in [2.05, 4.69) is 15.1 Å². The molecule has 1 aliphatic carbocycles. The monoisotopic (exact) mass is 208 g/mol. The molecule has 2 rings (SSSR count). The molecule has 80 valence electrons. The lowest BCUT2D eigenvalue weighted by Crippen LogP contribution is -2.26. The van der Waals surface area contributed by atoms with E-state index in [1.807, 2.05) is 0 Å². The normalized spacial score (nSPS) is 17.2. The Hall–Kier alpha value is -1.85. The highest BCUT2D eigenvalue weighted by molar-refractivity contribution is 5.95. The number of nitrogens with zero attached hydrogens (tertiary/aromatic N) is 3. The first-order chi connectivity index (χ1) is 7.29. The summed E-state index contributed by atoms with van der Waals surface area (Å²) < 4.78 is 5.47. The highest BCUT2D eigenvalue weighted by Gasteiger charge is 2.20. The van der Waals surface area contributed by atoms with Gasteiger partial charge in [-0.1, -0.05) is 5.16 Å². The Kier molecular flexibility index (Phi) is 2.66. The van der Waals surface area contributed by atoms with Gasteiger partial charge in [0, 0.05) is 6.20 Å². The molecule has 15 heavy (non-hydrogen) atoms. The maximum absolute atomic E-state index is 8.48. The Labute approximate surface area is 86.8 Å². The SMILES string of the molecule is N/C(=N/O)c1ccnc(OC2CCC2)n1. The Balaban J connectivity index is 2.11. The number of nitrogens with two attached hydrogens (primary N) is 1. The van der Waals surface area contributed by atoms with Gasteiger partial charge < -0.3 is 15.7 Å². The number of ether oxygens (including phenoxy) is 1. The molecule has 0 atom stereocenters. The molecule has 3 N–H and O–H groups in total. The summed E-state index contributed by atoms with van der Waals surface area (Å²) in [6.07, 6.45) is 5.00. The zero-order chi connectivity index (χ0) is 10.7. The lowest BCUT2D eigenvalue weighted by molar-refractivity contribution is 0.108. The van der Waals surface area contributed by atoms with Crippen molar-refractivity contribution < 1.29 is 9.94 Å². The summed E-state index contributed by atoms with van der Waals surface area (Å²) in [5.74, 6) is -0.0455. The van der Waals surface area contributed by atoms with Crippen LogP contribution in [-0.4, -0.2) is 27.1 Å². The fraction of sp³-hybridized carbons (Fsp3) is 0.444. The van der Waals surface area contributed by atoms with Crippen LogP contribution < -0.4 is 10.5 Å². The van der Waals surface area contributed by atoms with Gasteiger partial charge in [0.15, 0.2) is 5.84 Å². The van der Waals surface area contributed by atoms with Crippen molar-refractivity contribution in [2.45, 2.75) is 25.4 Å². The molecular formula is C9H12N4O2. The van der Waals surface area contributed by atoms with E-state index in [-0.39, 0.29) is 18.0 Å². The average molecular weight is 208 g/mol. The van der Waals surface area contributed by atoms with E-state index in [4.69, 9.17) is 15.7 Å². The van der Waals surface area contributed by atoms with Crippen LogP contribution in [0.25, 0.3) is 0 Å². The zero-order valence-electron chi connectivity index (χ0n) is 8.13. The van der Waals surface area contributed by atoms with E-state index < -0.39 is 0 Å². The number of oxime groups is 1. The van der Waals surface area contributed by atoms with E-state index in [1.165, 1.54) is 12.6 Å². The van der Waals surface area contributed by atoms with Gasteiger partial charge in [0.25, 0.3) is 0 Å². The van der Waals surface area contributed by atoms with E-state index in [1.54, 1.807) is 6.07 Å². The van der Waals surface area contributed by atoms with E-state index in [0.717, 1.165) is 12.8 Å². The highest BCUT2D eigenvalue weighted by Crippen LogP contribution is 2.22. The van der Waals surface area contributed by atoms with Crippen molar-refractivity contribution in [1.82, 2.24) is 9.97 Å². The van der Waals surface area contributed by atoms with E-state index in [9.17, 15) is 0 Å². The molecule has 0 aromatic carbocycles. The summed E-state index contributed by atoms with van der Waals surface area (Å²) in [6.45, 7) is 0. The molecule has 6 heteroatoms. The molecule has 1 aromatic rings. The Morgan fingerprint density at radius 3 is 3.00 bits per heavy atom. The van der Waals surface area contributed by atoms with Crippen LogP contribution in [-0.2, 0) is 0 Å². The molecule has 0 saturated heterocycles. The molecule has 1 fully saturated rings. The summed E-state index contributed by atoms with van der Waals surface area (Å²) in [5.41, 5.74) is 5.76. The average Bonchev–Trinajstić information content (AvgIpc) is 2.23. The van der Waals surface area contributed by atoms with Gasteiger partial charge in [0.05, 0.1) is 0 Å². The maximum Gasteiger partial charge on any atom is 0.317 e. The quantitative estimate of drug-likeness (QED) is 0.326. The van der Waals surface area contributed by atoms with Crippen LogP contribution in [0.3, 0.4) is 0 Å². The van der Waals surface area contributed by atoms with Crippen LogP contribution >= 0.6 is 0 Å². The smallest absolute Gasteiger partial charge is 0.317 e. The van der Waals surface area contributed by atoms with Gasteiger partial charge in [-0.25, -0.2) is 4.98 Å². The van der Waals surface area contributed by atoms with Gasteiger partial charge in [-0.2, -0.15) is 4.98 Å². The minimum Gasteiger partial charge on any atom is -0.460 e. The Bertz CT molecular complexity index is 376. The van der Waals surface area contributed by atoms with Crippen LogP contribution in [0.1, 0.15) is 25.0 Å². The second kappa shape index (κ2) is 4.12. The number of hydrogen-bond donors (Lipinski definition) is 2. The number of hydrogen-bond acceptors (Lipinski definition) is 5. The van der Waals surface area contributed by atoms with Gasteiger partial charge in [-0.05, 0) is 25.3 Å². The largest absolute Gasteiger partial charge is 0.460 e. The van der Waals surface area contributed by atoms with E-state index >= 15 is 0 Å². The predicted molar refractivity (Wildman–Crippen MR) is 52.8 cm³/mol. The molecule has 0 spiro atoms. The van der Waals surface area contributed by atoms with Crippen molar-refractivity contribution in [2.75, 3.05) is 0 Å². The summed E-state index contributed by atoms with van der Waals surface area (Å²) in [6, 6.07) is 1.84. The van der Waals surface area contributed by atoms with E-state index in [0.29, 0.717) is 5.69 Å². The molecule has 0 aliphatic heterocycles. The summed E-state index contributed by atoms with van der Waals surface area (Å²) in [5, 5.41) is 11.3. The molecule has 0 amide bonds. The standard InChI is InChI=1S/C9H12N4O2/c10-8(13-14)7-4-5-11-9(12-7)15-6-2-1-3-6/h4-6,14H,1-3H2,(H2,10,13). The van der Waals surface area contributed by atoms with Gasteiger partial charge in [-0.15, -0.1) is 0 Å². The maximum atomic E-state index is 8.48. The minimum absolute atomic E-state index is 0.0455. The zero-order valence-corrected chi connectivity index (χ0v) is 8.13. The molecular weight excluding hydrogens is 196 g/mol. The number of rotatable bonds is 3. The van der Waals surface area contributed by atoms with Crippen molar-refractivity contribution in [3.8, 4) is 6.01 Å². The van der Waals surface area contributed by atoms with Crippen molar-refractivity contribution >= 4 is 5.84 Å². The second-order valence-corrected chi connectivity index (χ2v) is 3.38. The Morgan fingerprint density at radius 1 is 1.60 bits per heavy atom. The van der Waals surface area contributed by atoms with Gasteiger partial charge in [-0.3, -0.25) is 0 Å². The molecule has 1 aliphatic rings. The molecule has 6 nitrogen and oxygen atoms in total. The van der Waals surface area contributed by atoms with Gasteiger partial charge in [0.1, 0.15) is 11.8 Å². The van der Waals surface area contributed by atoms with Crippen LogP contribution in [0, 0.1) is 0 Å². The second-order valence-electron chi connectivity index (χ2n) is 3.38. The highest BCUT2D eigenvalue weighted by atomic mass is 16.5. The predicted octanol–water partition coefficient (Wildman–Crippen LogP) is 0.502. The summed E-state index contributed by atoms with van der Waals surface area (Å²) in [4.78, 5) is 7.97. The van der Waals surface area contributed by atoms with Gasteiger partial charge >= 0.3 is 6.01 Å². The van der Waals surface area contributed by atoms with Crippen molar-refractivity contribution in [2.24, 2.45) is 10.9 Å². The van der Waals surface area contributed by atoms with Gasteiger partial charge in [0.2, 0.25) is 0 Å². The van der Waals surface area contributed by atoms with Crippen LogP contribution in [0.5, 0.6) is 6.01 Å². The van der Waals surface area contributed by atoms with Crippen LogP contribution in [0.4, 0.5) is 0 Å². The number of aromatic nitrogens is 2. The fourth-order valence-corrected chi connectivity index (χ4v) is 1.23. The lowest BCUT2D eigenvalue weighted by atomic mass is 9.96. The molecule has 1 saturated carbocycles. The fourth-order valence-electron chi connectivity index (χ4n) is 1.23. The van der Waals surface area contributed by atoms with Crippen molar-refractivity contribution in [3.05, 3.63) is 18.0 Å². The summed E-state index contributed by atoms with van der Waals surface area (Å²) >= 11 is 0. The number of amidine groups is 1. The van der Waals surface area contributed by atoms with Crippen molar-refractivity contribution in [3.63, 3.8) is 0 Å². The van der Waals surface area contributed by atoms with Crippen molar-refractivity contribution in [1.29, 1.82) is 0 Å². The first-order valence-electron chi connectivity index (χ1n) is 4.77. The molecule has 0 bridgehead atoms. The topological polar surface area (TPSA) is 93.6 Å². The third-order valence-electron chi connectivity index (χ3n) is 2.33. The minimum atomic E-state index is -0.0455. The lowest BCUT2D eigenvalue weighted by Gasteiger charge is -2.24. The Morgan fingerprint density at radius 2 is 2.40 bits per heavy atom. The first kappa shape index (κ1) is 9.70. The third-order valence-corrected chi connectivity index (χ3v) is 2.33. The molecule has 1 heterocycles.